The molecule has 0 aromatic heterocycles. The van der Waals surface area contributed by atoms with Crippen molar-refractivity contribution in [1.82, 2.24) is 4.90 Å². The molecule has 1 atom stereocenters. The van der Waals surface area contributed by atoms with Crippen LogP contribution in [0.4, 0.5) is 0 Å². The predicted molar refractivity (Wildman–Crippen MR) is 119 cm³/mol. The van der Waals surface area contributed by atoms with Gasteiger partial charge in [0.1, 0.15) is 6.54 Å². The lowest BCUT2D eigenvalue weighted by Gasteiger charge is -2.15. The molecule has 8 heteroatoms. The molecule has 154 valence electrons. The summed E-state index contributed by atoms with van der Waals surface area (Å²) in [5.74, 6) is 0.597. The van der Waals surface area contributed by atoms with Crippen LogP contribution in [0.2, 0.25) is 0 Å². The summed E-state index contributed by atoms with van der Waals surface area (Å²) in [6.45, 7) is 3.33. The minimum Gasteiger partial charge on any atom is -0.484 e. The lowest BCUT2D eigenvalue weighted by molar-refractivity contribution is -0.128. The van der Waals surface area contributed by atoms with Crippen molar-refractivity contribution in [1.29, 1.82) is 0 Å². The molecule has 7 nitrogen and oxygen atoms in total. The summed E-state index contributed by atoms with van der Waals surface area (Å²) in [6.07, 6.45) is 3.22. The number of carbonyl (C=O) groups excluding carboxylic acids is 1. The third-order valence-electron chi connectivity index (χ3n) is 4.86. The van der Waals surface area contributed by atoms with E-state index >= 15 is 0 Å². The van der Waals surface area contributed by atoms with Crippen molar-refractivity contribution >= 4 is 34.3 Å². The number of hydrogen-bond acceptors (Lipinski definition) is 6. The van der Waals surface area contributed by atoms with Crippen LogP contribution < -0.4 is 11.5 Å². The van der Waals surface area contributed by atoms with Crippen LogP contribution in [-0.2, 0) is 9.53 Å². The highest BCUT2D eigenvalue weighted by Crippen LogP contribution is 2.37. The van der Waals surface area contributed by atoms with Gasteiger partial charge in [0.05, 0.1) is 7.11 Å². The zero-order valence-electron chi connectivity index (χ0n) is 16.8. The monoisotopic (exact) mass is 413 g/mol. The molecule has 1 fully saturated rings. The second-order valence-corrected chi connectivity index (χ2v) is 8.10. The summed E-state index contributed by atoms with van der Waals surface area (Å²) < 4.78 is 5.36. The van der Waals surface area contributed by atoms with Crippen LogP contribution in [0.3, 0.4) is 0 Å². The van der Waals surface area contributed by atoms with Crippen LogP contribution in [0.5, 0.6) is 0 Å². The van der Waals surface area contributed by atoms with E-state index in [1.165, 1.54) is 11.8 Å². The minimum atomic E-state index is -0.0445. The van der Waals surface area contributed by atoms with Crippen LogP contribution in [0.15, 0.2) is 57.0 Å². The highest BCUT2D eigenvalue weighted by atomic mass is 32.2. The smallest absolute Gasteiger partial charge is 0.244 e. The van der Waals surface area contributed by atoms with Gasteiger partial charge in [-0.05, 0) is 24.5 Å². The van der Waals surface area contributed by atoms with Gasteiger partial charge in [-0.3, -0.25) is 9.79 Å². The van der Waals surface area contributed by atoms with Gasteiger partial charge in [0.25, 0.3) is 0 Å². The summed E-state index contributed by atoms with van der Waals surface area (Å²) >= 11 is 1.36. The van der Waals surface area contributed by atoms with Gasteiger partial charge < -0.3 is 21.1 Å². The van der Waals surface area contributed by atoms with E-state index < -0.39 is 0 Å². The molecule has 0 aliphatic carbocycles. The number of rotatable bonds is 4. The first kappa shape index (κ1) is 21.1. The van der Waals surface area contributed by atoms with E-state index in [1.54, 1.807) is 18.2 Å². The van der Waals surface area contributed by atoms with E-state index in [4.69, 9.17) is 16.2 Å². The number of nitrogens with zero attached hydrogens (tertiary/aromatic N) is 3. The molecule has 4 N–H and O–H groups in total. The lowest BCUT2D eigenvalue weighted by atomic mass is 10.0. The molecule has 29 heavy (non-hydrogen) atoms. The fraction of sp³-hybridized carbons (Fsp3) is 0.381. The van der Waals surface area contributed by atoms with Gasteiger partial charge >= 0.3 is 0 Å². The number of amides is 1. The second-order valence-electron chi connectivity index (χ2n) is 7.07. The van der Waals surface area contributed by atoms with Crippen LogP contribution >= 0.6 is 11.8 Å². The highest BCUT2D eigenvalue weighted by Gasteiger charge is 2.23. The van der Waals surface area contributed by atoms with Crippen molar-refractivity contribution in [3.05, 3.63) is 52.6 Å². The second kappa shape index (κ2) is 9.76. The van der Waals surface area contributed by atoms with Crippen LogP contribution in [0, 0.1) is 0 Å². The Hall–Kier alpha value is -2.58. The molecular weight excluding hydrogens is 386 g/mol. The van der Waals surface area contributed by atoms with Crippen molar-refractivity contribution < 1.29 is 9.53 Å². The molecule has 1 aromatic rings. The fourth-order valence-corrected chi connectivity index (χ4v) is 4.13. The summed E-state index contributed by atoms with van der Waals surface area (Å²) in [7, 11) is 1.62. The fourth-order valence-electron chi connectivity index (χ4n) is 3.26. The number of amidine groups is 1. The van der Waals surface area contributed by atoms with Gasteiger partial charge in [0.2, 0.25) is 5.91 Å². The molecule has 2 heterocycles. The minimum absolute atomic E-state index is 0.0298. The zero-order valence-corrected chi connectivity index (χ0v) is 17.6. The van der Waals surface area contributed by atoms with Gasteiger partial charge in [0.15, 0.2) is 11.1 Å². The standard InChI is InChI=1S/C21H27N5O2S/c1-14-10-18(28-2)24-11-17(15-6-4-3-5-7-15)20(14)29-21(23)25-12-19(27)26-9-8-16(22)13-26/h3-7,11,16H,8-10,12-13,22H2,1-2H3,(H2,23,25)/t16-/m0/s1. The third-order valence-corrected chi connectivity index (χ3v) is 5.97. The Morgan fingerprint density at radius 3 is 2.79 bits per heavy atom. The van der Waals surface area contributed by atoms with Crippen molar-refractivity contribution in [2.45, 2.75) is 25.8 Å². The zero-order chi connectivity index (χ0) is 20.8. The van der Waals surface area contributed by atoms with E-state index in [0.29, 0.717) is 30.6 Å². The molecule has 0 bridgehead atoms. The van der Waals surface area contributed by atoms with E-state index in [0.717, 1.165) is 28.0 Å². The van der Waals surface area contributed by atoms with Crippen molar-refractivity contribution in [2.75, 3.05) is 26.7 Å². The predicted octanol–water partition coefficient (Wildman–Crippen LogP) is 2.36. The van der Waals surface area contributed by atoms with Crippen LogP contribution in [0.1, 0.15) is 25.3 Å². The van der Waals surface area contributed by atoms with Crippen molar-refractivity contribution in [3.8, 4) is 0 Å². The number of carbonyl (C=O) groups is 1. The number of hydrogen-bond donors (Lipinski definition) is 2. The van der Waals surface area contributed by atoms with E-state index in [9.17, 15) is 4.79 Å². The molecule has 1 aromatic carbocycles. The average Bonchev–Trinajstić information content (AvgIpc) is 3.10. The van der Waals surface area contributed by atoms with E-state index in [-0.39, 0.29) is 18.5 Å². The highest BCUT2D eigenvalue weighted by molar-refractivity contribution is 8.17. The van der Waals surface area contributed by atoms with E-state index in [1.807, 2.05) is 37.3 Å². The van der Waals surface area contributed by atoms with Crippen molar-refractivity contribution in [2.24, 2.45) is 21.5 Å². The van der Waals surface area contributed by atoms with Crippen molar-refractivity contribution in [3.63, 3.8) is 0 Å². The Bertz CT molecular complexity index is 876. The van der Waals surface area contributed by atoms with Gasteiger partial charge in [0, 0.05) is 42.2 Å². The van der Waals surface area contributed by atoms with Gasteiger partial charge in [-0.15, -0.1) is 0 Å². The number of aliphatic imine (C=N–C) groups is 2. The molecular formula is C21H27N5O2S. The first-order valence-corrected chi connectivity index (χ1v) is 10.4. The van der Waals surface area contributed by atoms with Crippen LogP contribution in [0.25, 0.3) is 5.57 Å². The molecule has 1 amide bonds. The van der Waals surface area contributed by atoms with Gasteiger partial charge in [-0.25, -0.2) is 4.99 Å². The topological polar surface area (TPSA) is 106 Å². The molecule has 2 aliphatic heterocycles. The normalized spacial score (nSPS) is 20.3. The summed E-state index contributed by atoms with van der Waals surface area (Å²) in [6, 6.07) is 10.1. The maximum absolute atomic E-state index is 12.3. The number of ether oxygens (including phenoxy) is 1. The SMILES string of the molecule is COC1=NC=C(c2ccccc2)C(SC(N)=NCC(=O)N2CC[C@H](N)C2)=C(C)C1. The molecule has 2 aliphatic rings. The molecule has 0 spiro atoms. The Labute approximate surface area is 175 Å². The number of nitrogens with two attached hydrogens (primary N) is 2. The number of methoxy groups -OCH3 is 1. The average molecular weight is 414 g/mol. The first-order valence-electron chi connectivity index (χ1n) is 9.55. The molecule has 3 rings (SSSR count). The Morgan fingerprint density at radius 2 is 2.14 bits per heavy atom. The van der Waals surface area contributed by atoms with Gasteiger partial charge in [-0.2, -0.15) is 0 Å². The number of benzene rings is 1. The quantitative estimate of drug-likeness (QED) is 0.582. The molecule has 0 radical (unpaired) electrons. The number of allylic oxidation sites excluding steroid dienone is 1. The number of likely N-dealkylation sites (tertiary alicyclic amines) is 1. The van der Waals surface area contributed by atoms with E-state index in [2.05, 4.69) is 9.98 Å². The molecule has 0 saturated carbocycles. The largest absolute Gasteiger partial charge is 0.484 e. The first-order chi connectivity index (χ1) is 14.0. The molecule has 1 saturated heterocycles. The Balaban J connectivity index is 1.78. The third kappa shape index (κ3) is 5.48. The van der Waals surface area contributed by atoms with Gasteiger partial charge in [-0.1, -0.05) is 42.1 Å². The summed E-state index contributed by atoms with van der Waals surface area (Å²) in [5.41, 5.74) is 15.1. The lowest BCUT2D eigenvalue weighted by Crippen LogP contribution is -2.33. The summed E-state index contributed by atoms with van der Waals surface area (Å²) in [4.78, 5) is 23.8. The Morgan fingerprint density at radius 1 is 1.38 bits per heavy atom. The summed E-state index contributed by atoms with van der Waals surface area (Å²) in [5, 5.41) is 0.346. The molecule has 0 unspecified atom stereocenters. The Kier molecular flexibility index (Phi) is 7.11. The van der Waals surface area contributed by atoms with Crippen LogP contribution in [-0.4, -0.2) is 54.7 Å². The number of thioether (sulfide) groups is 1. The maximum atomic E-state index is 12.3. The maximum Gasteiger partial charge on any atom is 0.244 e.